The number of hydrogen-bond donors (Lipinski definition) is 1. The molecule has 178 valence electrons. The molecule has 4 aromatic rings. The molecule has 0 bridgehead atoms. The van der Waals surface area contributed by atoms with Crippen LogP contribution in [0.3, 0.4) is 0 Å². The quantitative estimate of drug-likeness (QED) is 0.336. The molecular weight excluding hydrogens is 456 g/mol. The lowest BCUT2D eigenvalue weighted by atomic mass is 10.0. The minimum Gasteiger partial charge on any atom is -0.351 e. The molecule has 0 fully saturated rings. The van der Waals surface area contributed by atoms with Gasteiger partial charge in [0.05, 0.1) is 17.1 Å². The summed E-state index contributed by atoms with van der Waals surface area (Å²) in [6.45, 7) is 2.75. The fourth-order valence-corrected chi connectivity index (χ4v) is 5.28. The Morgan fingerprint density at radius 2 is 1.31 bits per heavy atom. The Morgan fingerprint density at radius 3 is 1.91 bits per heavy atom. The summed E-state index contributed by atoms with van der Waals surface area (Å²) in [6.07, 6.45) is 0. The molecule has 0 saturated carbocycles. The molecule has 1 amide bonds. The smallest absolute Gasteiger partial charge is 0.264 e. The SMILES string of the molecule is C[C@@H](CNC(=O)c1ccc(CN(c2ccccc2)S(=O)(=O)c2ccccc2)cc1)c1ccccc1. The van der Waals surface area contributed by atoms with E-state index in [1.54, 1.807) is 66.7 Å². The number of carbonyl (C=O) groups is 1. The molecule has 0 saturated heterocycles. The Bertz CT molecular complexity index is 1340. The highest BCUT2D eigenvalue weighted by Crippen LogP contribution is 2.26. The maximum Gasteiger partial charge on any atom is 0.264 e. The van der Waals surface area contributed by atoms with E-state index in [2.05, 4.69) is 12.2 Å². The second kappa shape index (κ2) is 11.0. The van der Waals surface area contributed by atoms with Gasteiger partial charge in [-0.25, -0.2) is 8.42 Å². The molecule has 35 heavy (non-hydrogen) atoms. The number of sulfonamides is 1. The van der Waals surface area contributed by atoms with Crippen LogP contribution >= 0.6 is 0 Å². The number of para-hydroxylation sites is 1. The maximum atomic E-state index is 13.4. The number of rotatable bonds is 9. The summed E-state index contributed by atoms with van der Waals surface area (Å²) in [7, 11) is -3.77. The van der Waals surface area contributed by atoms with Crippen LogP contribution in [-0.2, 0) is 16.6 Å². The van der Waals surface area contributed by atoms with Crippen molar-refractivity contribution in [3.63, 3.8) is 0 Å². The largest absolute Gasteiger partial charge is 0.351 e. The van der Waals surface area contributed by atoms with Crippen molar-refractivity contribution in [2.45, 2.75) is 24.3 Å². The number of benzene rings is 4. The van der Waals surface area contributed by atoms with E-state index < -0.39 is 10.0 Å². The van der Waals surface area contributed by atoms with Gasteiger partial charge >= 0.3 is 0 Å². The van der Waals surface area contributed by atoms with Crippen molar-refractivity contribution in [2.24, 2.45) is 0 Å². The summed E-state index contributed by atoms with van der Waals surface area (Å²) in [5.74, 6) is 0.0400. The Labute approximate surface area is 207 Å². The van der Waals surface area contributed by atoms with E-state index in [9.17, 15) is 13.2 Å². The van der Waals surface area contributed by atoms with Crippen molar-refractivity contribution >= 4 is 21.6 Å². The first-order valence-corrected chi connectivity index (χ1v) is 12.9. The second-order valence-electron chi connectivity index (χ2n) is 8.38. The first-order valence-electron chi connectivity index (χ1n) is 11.5. The molecule has 0 unspecified atom stereocenters. The van der Waals surface area contributed by atoms with Crippen LogP contribution in [0.5, 0.6) is 0 Å². The Balaban J connectivity index is 1.48. The van der Waals surface area contributed by atoms with E-state index >= 15 is 0 Å². The zero-order valence-corrected chi connectivity index (χ0v) is 20.4. The molecule has 0 aliphatic heterocycles. The number of amides is 1. The number of anilines is 1. The normalized spacial score (nSPS) is 12.0. The molecule has 0 radical (unpaired) electrons. The van der Waals surface area contributed by atoms with Gasteiger partial charge in [0.25, 0.3) is 15.9 Å². The highest BCUT2D eigenvalue weighted by Gasteiger charge is 2.25. The van der Waals surface area contributed by atoms with Crippen LogP contribution in [0, 0.1) is 0 Å². The lowest BCUT2D eigenvalue weighted by Gasteiger charge is -2.25. The fraction of sp³-hybridized carbons (Fsp3) is 0.138. The van der Waals surface area contributed by atoms with Crippen LogP contribution in [0.1, 0.15) is 34.3 Å². The molecule has 0 heterocycles. The third kappa shape index (κ3) is 5.97. The molecule has 6 heteroatoms. The molecule has 1 N–H and O–H groups in total. The molecule has 0 aromatic heterocycles. The molecule has 1 atom stereocenters. The van der Waals surface area contributed by atoms with Gasteiger partial charge in [0, 0.05) is 12.1 Å². The van der Waals surface area contributed by atoms with Crippen molar-refractivity contribution in [3.05, 3.63) is 132 Å². The summed E-state index contributed by atoms with van der Waals surface area (Å²) >= 11 is 0. The molecular formula is C29H28N2O3S. The van der Waals surface area contributed by atoms with Gasteiger partial charge < -0.3 is 5.32 Å². The molecule has 5 nitrogen and oxygen atoms in total. The van der Waals surface area contributed by atoms with E-state index in [-0.39, 0.29) is 23.3 Å². The Morgan fingerprint density at radius 1 is 0.771 bits per heavy atom. The average Bonchev–Trinajstić information content (AvgIpc) is 2.92. The number of carbonyl (C=O) groups excluding carboxylic acids is 1. The van der Waals surface area contributed by atoms with Crippen molar-refractivity contribution in [2.75, 3.05) is 10.8 Å². The minimum absolute atomic E-state index is 0.147. The second-order valence-corrected chi connectivity index (χ2v) is 10.2. The van der Waals surface area contributed by atoms with Gasteiger partial charge in [0.1, 0.15) is 0 Å². The van der Waals surface area contributed by atoms with E-state index in [0.29, 0.717) is 17.8 Å². The summed E-state index contributed by atoms with van der Waals surface area (Å²) in [5.41, 5.74) is 3.06. The van der Waals surface area contributed by atoms with Crippen molar-refractivity contribution in [1.29, 1.82) is 0 Å². The molecule has 0 spiro atoms. The van der Waals surface area contributed by atoms with Gasteiger partial charge in [-0.2, -0.15) is 0 Å². The zero-order valence-electron chi connectivity index (χ0n) is 19.5. The van der Waals surface area contributed by atoms with Crippen LogP contribution in [0.4, 0.5) is 5.69 Å². The van der Waals surface area contributed by atoms with Gasteiger partial charge in [-0.1, -0.05) is 85.8 Å². The molecule has 4 rings (SSSR count). The number of hydrogen-bond acceptors (Lipinski definition) is 3. The highest BCUT2D eigenvalue weighted by atomic mass is 32.2. The molecule has 0 aliphatic rings. The van der Waals surface area contributed by atoms with Gasteiger partial charge in [-0.15, -0.1) is 0 Å². The lowest BCUT2D eigenvalue weighted by molar-refractivity contribution is 0.0951. The average molecular weight is 485 g/mol. The monoisotopic (exact) mass is 484 g/mol. The minimum atomic E-state index is -3.77. The topological polar surface area (TPSA) is 66.5 Å². The van der Waals surface area contributed by atoms with Crippen LogP contribution in [-0.4, -0.2) is 20.9 Å². The predicted octanol–water partition coefficient (Wildman–Crippen LogP) is 5.62. The van der Waals surface area contributed by atoms with Crippen LogP contribution in [0.25, 0.3) is 0 Å². The maximum absolute atomic E-state index is 13.4. The van der Waals surface area contributed by atoms with Gasteiger partial charge in [0.15, 0.2) is 0 Å². The molecule has 0 aliphatic carbocycles. The standard InChI is InChI=1S/C29H28N2O3S/c1-23(25-11-5-2-6-12-25)21-30-29(32)26-19-17-24(18-20-26)22-31(27-13-7-3-8-14-27)35(33,34)28-15-9-4-10-16-28/h2-20,23H,21-22H2,1H3,(H,30,32)/t23-/m0/s1. The first-order chi connectivity index (χ1) is 16.9. The summed E-state index contributed by atoms with van der Waals surface area (Å²) in [6, 6.07) is 34.5. The van der Waals surface area contributed by atoms with Crippen molar-refractivity contribution in [1.82, 2.24) is 5.32 Å². The third-order valence-corrected chi connectivity index (χ3v) is 7.64. The van der Waals surface area contributed by atoms with Crippen molar-refractivity contribution in [3.8, 4) is 0 Å². The van der Waals surface area contributed by atoms with Gasteiger partial charge in [0.2, 0.25) is 0 Å². The van der Waals surface area contributed by atoms with E-state index in [1.165, 1.54) is 9.87 Å². The zero-order chi connectivity index (χ0) is 24.7. The Hall–Kier alpha value is -3.90. The summed E-state index contributed by atoms with van der Waals surface area (Å²) in [4.78, 5) is 12.9. The van der Waals surface area contributed by atoms with E-state index in [4.69, 9.17) is 0 Å². The number of nitrogens with zero attached hydrogens (tertiary/aromatic N) is 1. The van der Waals surface area contributed by atoms with Crippen LogP contribution < -0.4 is 9.62 Å². The fourth-order valence-electron chi connectivity index (χ4n) is 3.80. The van der Waals surface area contributed by atoms with Gasteiger partial charge in [-0.3, -0.25) is 9.10 Å². The first kappa shape index (κ1) is 24.2. The number of nitrogens with one attached hydrogen (secondary N) is 1. The highest BCUT2D eigenvalue weighted by molar-refractivity contribution is 7.92. The van der Waals surface area contributed by atoms with E-state index in [0.717, 1.165) is 5.56 Å². The van der Waals surface area contributed by atoms with E-state index in [1.807, 2.05) is 48.5 Å². The van der Waals surface area contributed by atoms with Crippen LogP contribution in [0.15, 0.2) is 120 Å². The molecule has 4 aromatic carbocycles. The predicted molar refractivity (Wildman–Crippen MR) is 140 cm³/mol. The van der Waals surface area contributed by atoms with Gasteiger partial charge in [-0.05, 0) is 53.4 Å². The van der Waals surface area contributed by atoms with Crippen molar-refractivity contribution < 1.29 is 13.2 Å². The Kier molecular flexibility index (Phi) is 7.63. The summed E-state index contributed by atoms with van der Waals surface area (Å²) < 4.78 is 28.3. The lowest BCUT2D eigenvalue weighted by Crippen LogP contribution is -2.30. The summed E-state index contributed by atoms with van der Waals surface area (Å²) in [5, 5.41) is 2.98. The van der Waals surface area contributed by atoms with Crippen LogP contribution in [0.2, 0.25) is 0 Å². The third-order valence-electron chi connectivity index (χ3n) is 5.86.